The minimum atomic E-state index is 0.0154. The zero-order valence-corrected chi connectivity index (χ0v) is 12.1. The highest BCUT2D eigenvalue weighted by atomic mass is 16.2. The first-order chi connectivity index (χ1) is 9.08. The van der Waals surface area contributed by atoms with E-state index in [1.54, 1.807) is 11.7 Å². The summed E-state index contributed by atoms with van der Waals surface area (Å²) in [6, 6.07) is 0. The number of anilines is 1. The number of aromatic nitrogens is 2. The van der Waals surface area contributed by atoms with E-state index in [4.69, 9.17) is 5.73 Å². The van der Waals surface area contributed by atoms with Gasteiger partial charge in [-0.25, -0.2) is 0 Å². The molecule has 5 nitrogen and oxygen atoms in total. The number of aryl methyl sites for hydroxylation is 2. The van der Waals surface area contributed by atoms with Crippen LogP contribution in [-0.4, -0.2) is 33.7 Å². The van der Waals surface area contributed by atoms with Crippen LogP contribution in [0.5, 0.6) is 0 Å². The fourth-order valence-corrected chi connectivity index (χ4v) is 2.60. The zero-order chi connectivity index (χ0) is 14.0. The number of hydrogen-bond acceptors (Lipinski definition) is 3. The summed E-state index contributed by atoms with van der Waals surface area (Å²) in [5, 5.41) is 4.32. The Morgan fingerprint density at radius 2 is 2.16 bits per heavy atom. The number of hydrogen-bond donors (Lipinski definition) is 1. The number of carbonyl (C=O) groups excluding carboxylic acids is 1. The second-order valence-corrected chi connectivity index (χ2v) is 5.33. The smallest absolute Gasteiger partial charge is 0.274 e. The third-order valence-electron chi connectivity index (χ3n) is 4.07. The van der Waals surface area contributed by atoms with Crippen molar-refractivity contribution < 1.29 is 4.79 Å². The van der Waals surface area contributed by atoms with Crippen LogP contribution < -0.4 is 5.73 Å². The number of amides is 1. The normalized spacial score (nSPS) is 15.3. The molecule has 0 atom stereocenters. The second-order valence-electron chi connectivity index (χ2n) is 5.33. The minimum absolute atomic E-state index is 0.0154. The number of nitrogens with zero attached hydrogens (tertiary/aromatic N) is 3. The molecule has 1 saturated carbocycles. The van der Waals surface area contributed by atoms with Crippen LogP contribution in [0.1, 0.15) is 49.3 Å². The van der Waals surface area contributed by atoms with E-state index in [2.05, 4.69) is 5.10 Å². The first kappa shape index (κ1) is 13.9. The molecule has 0 aromatic carbocycles. The standard InChI is InChI=1S/C14H24N4O/c1-4-11-12(15)13(17(3)16-11)14(19)18(5-2)9-10-7-6-8-10/h10H,4-9,15H2,1-3H3. The fourth-order valence-electron chi connectivity index (χ4n) is 2.60. The summed E-state index contributed by atoms with van der Waals surface area (Å²) in [4.78, 5) is 14.5. The van der Waals surface area contributed by atoms with Crippen molar-refractivity contribution >= 4 is 11.6 Å². The van der Waals surface area contributed by atoms with Crippen LogP contribution in [0.2, 0.25) is 0 Å². The molecule has 0 saturated heterocycles. The van der Waals surface area contributed by atoms with E-state index >= 15 is 0 Å². The van der Waals surface area contributed by atoms with Gasteiger partial charge in [-0.1, -0.05) is 13.3 Å². The molecule has 2 N–H and O–H groups in total. The molecule has 0 unspecified atom stereocenters. The quantitative estimate of drug-likeness (QED) is 0.882. The van der Waals surface area contributed by atoms with Crippen molar-refractivity contribution in [3.8, 4) is 0 Å². The Bertz CT molecular complexity index is 462. The molecule has 1 heterocycles. The molecule has 1 aromatic rings. The van der Waals surface area contributed by atoms with Crippen molar-refractivity contribution in [2.45, 2.75) is 39.5 Å². The number of rotatable bonds is 5. The third kappa shape index (κ3) is 2.60. The highest BCUT2D eigenvalue weighted by Gasteiger charge is 2.27. The maximum absolute atomic E-state index is 12.6. The van der Waals surface area contributed by atoms with Crippen molar-refractivity contribution in [2.75, 3.05) is 18.8 Å². The van der Waals surface area contributed by atoms with E-state index in [0.29, 0.717) is 17.3 Å². The first-order valence-corrected chi connectivity index (χ1v) is 7.19. The van der Waals surface area contributed by atoms with Crippen LogP contribution in [0.3, 0.4) is 0 Å². The summed E-state index contributed by atoms with van der Waals surface area (Å²) in [5.41, 5.74) is 7.95. The number of nitrogen functional groups attached to an aromatic ring is 1. The van der Waals surface area contributed by atoms with Crippen molar-refractivity contribution in [1.29, 1.82) is 0 Å². The molecule has 106 valence electrons. The van der Waals surface area contributed by atoms with Crippen LogP contribution >= 0.6 is 0 Å². The van der Waals surface area contributed by atoms with E-state index in [-0.39, 0.29) is 5.91 Å². The lowest BCUT2D eigenvalue weighted by molar-refractivity contribution is 0.0696. The van der Waals surface area contributed by atoms with Crippen molar-refractivity contribution in [2.24, 2.45) is 13.0 Å². The third-order valence-corrected chi connectivity index (χ3v) is 4.07. The first-order valence-electron chi connectivity index (χ1n) is 7.19. The van der Waals surface area contributed by atoms with Gasteiger partial charge >= 0.3 is 0 Å². The Balaban J connectivity index is 2.18. The Hall–Kier alpha value is -1.52. The van der Waals surface area contributed by atoms with E-state index in [1.165, 1.54) is 19.3 Å². The topological polar surface area (TPSA) is 64.2 Å². The molecule has 1 aromatic heterocycles. The van der Waals surface area contributed by atoms with Gasteiger partial charge in [0.05, 0.1) is 11.4 Å². The van der Waals surface area contributed by atoms with Crippen molar-refractivity contribution in [1.82, 2.24) is 14.7 Å². The predicted molar refractivity (Wildman–Crippen MR) is 75.9 cm³/mol. The summed E-state index contributed by atoms with van der Waals surface area (Å²) in [7, 11) is 1.79. The highest BCUT2D eigenvalue weighted by molar-refractivity contribution is 5.98. The van der Waals surface area contributed by atoms with Crippen LogP contribution in [0.4, 0.5) is 5.69 Å². The van der Waals surface area contributed by atoms with Crippen LogP contribution in [0, 0.1) is 5.92 Å². The molecule has 1 fully saturated rings. The van der Waals surface area contributed by atoms with E-state index < -0.39 is 0 Å². The molecule has 1 amide bonds. The summed E-state index contributed by atoms with van der Waals surface area (Å²) >= 11 is 0. The lowest BCUT2D eigenvalue weighted by Crippen LogP contribution is -2.38. The maximum Gasteiger partial charge on any atom is 0.274 e. The molecule has 1 aliphatic carbocycles. The Morgan fingerprint density at radius 1 is 1.47 bits per heavy atom. The van der Waals surface area contributed by atoms with Gasteiger partial charge in [0.2, 0.25) is 0 Å². The van der Waals surface area contributed by atoms with E-state index in [9.17, 15) is 4.79 Å². The van der Waals surface area contributed by atoms with Crippen LogP contribution in [0.25, 0.3) is 0 Å². The molecular formula is C14H24N4O. The van der Waals surface area contributed by atoms with Crippen LogP contribution in [-0.2, 0) is 13.5 Å². The lowest BCUT2D eigenvalue weighted by atomic mass is 9.85. The SMILES string of the molecule is CCc1nn(C)c(C(=O)N(CC)CC2CCC2)c1N. The largest absolute Gasteiger partial charge is 0.395 e. The van der Waals surface area contributed by atoms with Gasteiger partial charge in [-0.05, 0) is 32.1 Å². The minimum Gasteiger partial charge on any atom is -0.395 e. The van der Waals surface area contributed by atoms with Crippen molar-refractivity contribution in [3.63, 3.8) is 0 Å². The van der Waals surface area contributed by atoms with Gasteiger partial charge in [0.25, 0.3) is 5.91 Å². The van der Waals surface area contributed by atoms with E-state index in [1.807, 2.05) is 18.7 Å². The monoisotopic (exact) mass is 264 g/mol. The molecule has 19 heavy (non-hydrogen) atoms. The summed E-state index contributed by atoms with van der Waals surface area (Å²) in [5.74, 6) is 0.686. The summed E-state index contributed by atoms with van der Waals surface area (Å²) in [6.45, 7) is 5.59. The Kier molecular flexibility index (Phi) is 4.12. The molecule has 0 radical (unpaired) electrons. The van der Waals surface area contributed by atoms with Crippen LogP contribution in [0.15, 0.2) is 0 Å². The maximum atomic E-state index is 12.6. The zero-order valence-electron chi connectivity index (χ0n) is 12.1. The average Bonchev–Trinajstić information content (AvgIpc) is 2.62. The predicted octanol–water partition coefficient (Wildman–Crippen LogP) is 1.83. The molecule has 0 aliphatic heterocycles. The molecule has 1 aliphatic rings. The average molecular weight is 264 g/mol. The molecule has 0 bridgehead atoms. The number of nitrogens with two attached hydrogens (primary N) is 1. The molecule has 5 heteroatoms. The molecular weight excluding hydrogens is 240 g/mol. The van der Waals surface area contributed by atoms with Gasteiger partial charge in [0.1, 0.15) is 5.69 Å². The van der Waals surface area contributed by atoms with Gasteiger partial charge in [-0.15, -0.1) is 0 Å². The van der Waals surface area contributed by atoms with Crippen molar-refractivity contribution in [3.05, 3.63) is 11.4 Å². The second kappa shape index (κ2) is 5.63. The van der Waals surface area contributed by atoms with E-state index in [0.717, 1.165) is 25.2 Å². The molecule has 0 spiro atoms. The van der Waals surface area contributed by atoms with Gasteiger partial charge in [0, 0.05) is 20.1 Å². The highest BCUT2D eigenvalue weighted by Crippen LogP contribution is 2.28. The summed E-state index contributed by atoms with van der Waals surface area (Å²) < 4.78 is 1.62. The van der Waals surface area contributed by atoms with Gasteiger partial charge < -0.3 is 10.6 Å². The lowest BCUT2D eigenvalue weighted by Gasteiger charge is -2.31. The van der Waals surface area contributed by atoms with Gasteiger partial charge in [-0.2, -0.15) is 5.10 Å². The van der Waals surface area contributed by atoms with Gasteiger partial charge in [-0.3, -0.25) is 9.48 Å². The Labute approximate surface area is 114 Å². The van der Waals surface area contributed by atoms with Gasteiger partial charge in [0.15, 0.2) is 0 Å². The summed E-state index contributed by atoms with van der Waals surface area (Å²) in [6.07, 6.45) is 4.53. The number of carbonyl (C=O) groups is 1. The molecule has 2 rings (SSSR count). The fraction of sp³-hybridized carbons (Fsp3) is 0.714. The Morgan fingerprint density at radius 3 is 2.58 bits per heavy atom.